The highest BCUT2D eigenvalue weighted by Gasteiger charge is 2.14. The van der Waals surface area contributed by atoms with Crippen molar-refractivity contribution < 1.29 is 13.9 Å². The van der Waals surface area contributed by atoms with Crippen molar-refractivity contribution in [1.82, 2.24) is 0 Å². The number of hydrogen-bond acceptors (Lipinski definition) is 3. The zero-order chi connectivity index (χ0) is 12.8. The van der Waals surface area contributed by atoms with E-state index in [9.17, 15) is 4.39 Å². The molecule has 0 radical (unpaired) electrons. The van der Waals surface area contributed by atoms with E-state index in [-0.39, 0.29) is 18.5 Å². The first-order chi connectivity index (χ1) is 8.79. The summed E-state index contributed by atoms with van der Waals surface area (Å²) in [4.78, 5) is 0. The standard InChI is InChI=1S/C14H20FNO2/c15-14-7-11(8-16)4-5-12(14)9-17-10-13-3-1-2-6-18-13/h4-5,7,13H,1-3,6,8-10,16H2. The van der Waals surface area contributed by atoms with Crippen molar-refractivity contribution in [3.63, 3.8) is 0 Å². The Morgan fingerprint density at radius 2 is 2.28 bits per heavy atom. The minimum Gasteiger partial charge on any atom is -0.376 e. The number of hydrogen-bond donors (Lipinski definition) is 1. The highest BCUT2D eigenvalue weighted by molar-refractivity contribution is 5.23. The van der Waals surface area contributed by atoms with E-state index in [4.69, 9.17) is 15.2 Å². The van der Waals surface area contributed by atoms with Crippen LogP contribution in [0.4, 0.5) is 4.39 Å². The number of ether oxygens (including phenoxy) is 2. The first-order valence-electron chi connectivity index (χ1n) is 6.46. The fourth-order valence-corrected chi connectivity index (χ4v) is 2.07. The second-order valence-corrected chi connectivity index (χ2v) is 4.63. The SMILES string of the molecule is NCc1ccc(COCC2CCCCO2)c(F)c1. The molecule has 0 amide bonds. The van der Waals surface area contributed by atoms with Crippen molar-refractivity contribution in [3.8, 4) is 0 Å². The predicted octanol–water partition coefficient (Wildman–Crippen LogP) is 2.37. The van der Waals surface area contributed by atoms with Gasteiger partial charge in [0.15, 0.2) is 0 Å². The van der Waals surface area contributed by atoms with Crippen LogP contribution in [0, 0.1) is 5.82 Å². The second kappa shape index (κ2) is 6.83. The van der Waals surface area contributed by atoms with Crippen molar-refractivity contribution in [2.24, 2.45) is 5.73 Å². The van der Waals surface area contributed by atoms with Crippen LogP contribution in [0.1, 0.15) is 30.4 Å². The Labute approximate surface area is 107 Å². The average Bonchev–Trinajstić information content (AvgIpc) is 2.42. The minimum atomic E-state index is -0.248. The molecule has 1 saturated heterocycles. The molecule has 2 N–H and O–H groups in total. The van der Waals surface area contributed by atoms with E-state index in [2.05, 4.69) is 0 Å². The molecule has 1 aliphatic heterocycles. The van der Waals surface area contributed by atoms with Crippen LogP contribution in [-0.4, -0.2) is 19.3 Å². The summed E-state index contributed by atoms with van der Waals surface area (Å²) in [7, 11) is 0. The molecule has 4 heteroatoms. The van der Waals surface area contributed by atoms with Crippen LogP contribution in [-0.2, 0) is 22.6 Å². The van der Waals surface area contributed by atoms with Gasteiger partial charge in [0.05, 0.1) is 19.3 Å². The van der Waals surface area contributed by atoms with Gasteiger partial charge in [-0.2, -0.15) is 0 Å². The summed E-state index contributed by atoms with van der Waals surface area (Å²) < 4.78 is 24.7. The molecular weight excluding hydrogens is 233 g/mol. The molecule has 3 nitrogen and oxygen atoms in total. The van der Waals surface area contributed by atoms with Crippen LogP contribution in [0.2, 0.25) is 0 Å². The lowest BCUT2D eigenvalue weighted by molar-refractivity contribution is -0.0451. The number of halogens is 1. The number of benzene rings is 1. The fraction of sp³-hybridized carbons (Fsp3) is 0.571. The average molecular weight is 253 g/mol. The molecule has 100 valence electrons. The van der Waals surface area contributed by atoms with Gasteiger partial charge in [-0.25, -0.2) is 4.39 Å². The molecule has 1 aromatic rings. The highest BCUT2D eigenvalue weighted by atomic mass is 19.1. The summed E-state index contributed by atoms with van der Waals surface area (Å²) in [5.74, 6) is -0.248. The van der Waals surface area contributed by atoms with Crippen LogP contribution in [0.3, 0.4) is 0 Å². The molecule has 0 spiro atoms. The molecule has 1 unspecified atom stereocenters. The van der Waals surface area contributed by atoms with Crippen LogP contribution in [0.15, 0.2) is 18.2 Å². The minimum absolute atomic E-state index is 0.171. The van der Waals surface area contributed by atoms with Gasteiger partial charge in [-0.1, -0.05) is 12.1 Å². The molecule has 1 fully saturated rings. The topological polar surface area (TPSA) is 44.5 Å². The lowest BCUT2D eigenvalue weighted by atomic mass is 10.1. The van der Waals surface area contributed by atoms with Crippen LogP contribution < -0.4 is 5.73 Å². The Morgan fingerprint density at radius 1 is 1.39 bits per heavy atom. The molecule has 1 aliphatic rings. The summed E-state index contributed by atoms with van der Waals surface area (Å²) in [5.41, 5.74) is 6.82. The van der Waals surface area contributed by atoms with E-state index in [0.717, 1.165) is 25.0 Å². The zero-order valence-electron chi connectivity index (χ0n) is 10.5. The molecule has 2 rings (SSSR count). The Morgan fingerprint density at radius 3 is 2.94 bits per heavy atom. The smallest absolute Gasteiger partial charge is 0.129 e. The van der Waals surface area contributed by atoms with E-state index in [1.54, 1.807) is 6.07 Å². The van der Waals surface area contributed by atoms with Crippen LogP contribution in [0.5, 0.6) is 0 Å². The summed E-state index contributed by atoms with van der Waals surface area (Å²) in [5, 5.41) is 0. The maximum atomic E-state index is 13.6. The van der Waals surface area contributed by atoms with Gasteiger partial charge in [-0.15, -0.1) is 0 Å². The summed E-state index contributed by atoms with van der Waals surface area (Å²) >= 11 is 0. The Hall–Kier alpha value is -0.970. The van der Waals surface area contributed by atoms with Crippen LogP contribution in [0.25, 0.3) is 0 Å². The molecule has 0 saturated carbocycles. The predicted molar refractivity (Wildman–Crippen MR) is 67.5 cm³/mol. The molecule has 0 aliphatic carbocycles. The maximum Gasteiger partial charge on any atom is 0.129 e. The Kier molecular flexibility index (Phi) is 5.11. The van der Waals surface area contributed by atoms with Gasteiger partial charge in [0.25, 0.3) is 0 Å². The quantitative estimate of drug-likeness (QED) is 0.876. The third kappa shape index (κ3) is 3.77. The molecule has 1 atom stereocenters. The largest absolute Gasteiger partial charge is 0.376 e. The third-order valence-electron chi connectivity index (χ3n) is 3.19. The second-order valence-electron chi connectivity index (χ2n) is 4.63. The summed E-state index contributed by atoms with van der Waals surface area (Å²) in [6, 6.07) is 5.04. The van der Waals surface area contributed by atoms with Gasteiger partial charge in [-0.3, -0.25) is 0 Å². The highest BCUT2D eigenvalue weighted by Crippen LogP contribution is 2.15. The van der Waals surface area contributed by atoms with E-state index in [1.165, 1.54) is 12.5 Å². The first kappa shape index (κ1) is 13.5. The van der Waals surface area contributed by atoms with Crippen molar-refractivity contribution in [2.45, 2.75) is 38.5 Å². The van der Waals surface area contributed by atoms with Crippen molar-refractivity contribution in [2.75, 3.05) is 13.2 Å². The zero-order valence-corrected chi connectivity index (χ0v) is 10.5. The van der Waals surface area contributed by atoms with Gasteiger partial charge in [-0.05, 0) is 30.9 Å². The van der Waals surface area contributed by atoms with E-state index >= 15 is 0 Å². The van der Waals surface area contributed by atoms with Gasteiger partial charge in [0, 0.05) is 18.7 Å². The molecule has 0 bridgehead atoms. The van der Waals surface area contributed by atoms with Crippen LogP contribution >= 0.6 is 0 Å². The molecular formula is C14H20FNO2. The molecule has 18 heavy (non-hydrogen) atoms. The normalized spacial score (nSPS) is 20.0. The molecule has 1 aromatic carbocycles. The van der Waals surface area contributed by atoms with E-state index in [1.807, 2.05) is 6.07 Å². The monoisotopic (exact) mass is 253 g/mol. The van der Waals surface area contributed by atoms with Crippen molar-refractivity contribution in [3.05, 3.63) is 35.1 Å². The van der Waals surface area contributed by atoms with Crippen molar-refractivity contribution >= 4 is 0 Å². The van der Waals surface area contributed by atoms with Gasteiger partial charge < -0.3 is 15.2 Å². The lowest BCUT2D eigenvalue weighted by Crippen LogP contribution is -2.24. The third-order valence-corrected chi connectivity index (χ3v) is 3.19. The maximum absolute atomic E-state index is 13.6. The van der Waals surface area contributed by atoms with Gasteiger partial charge >= 0.3 is 0 Å². The van der Waals surface area contributed by atoms with Crippen molar-refractivity contribution in [1.29, 1.82) is 0 Å². The fourth-order valence-electron chi connectivity index (χ4n) is 2.07. The first-order valence-corrected chi connectivity index (χ1v) is 6.46. The summed E-state index contributed by atoms with van der Waals surface area (Å²) in [6.07, 6.45) is 3.53. The van der Waals surface area contributed by atoms with E-state index in [0.29, 0.717) is 18.7 Å². The molecule has 1 heterocycles. The van der Waals surface area contributed by atoms with Gasteiger partial charge in [0.2, 0.25) is 0 Å². The van der Waals surface area contributed by atoms with E-state index < -0.39 is 0 Å². The number of rotatable bonds is 5. The summed E-state index contributed by atoms with van der Waals surface area (Å²) in [6.45, 7) is 2.00. The Balaban J connectivity index is 1.79. The van der Waals surface area contributed by atoms with Gasteiger partial charge in [0.1, 0.15) is 5.82 Å². The molecule has 0 aromatic heterocycles. The number of nitrogens with two attached hydrogens (primary N) is 1. The Bertz CT molecular complexity index is 378. The lowest BCUT2D eigenvalue weighted by Gasteiger charge is -2.22.